The molecule has 0 atom stereocenters. The Labute approximate surface area is 113 Å². The molecule has 19 heavy (non-hydrogen) atoms. The van der Waals surface area contributed by atoms with Crippen LogP contribution in [0.25, 0.3) is 0 Å². The average molecular weight is 254 g/mol. The van der Waals surface area contributed by atoms with Gasteiger partial charge in [0.15, 0.2) is 0 Å². The Balaban J connectivity index is 1.87. The van der Waals surface area contributed by atoms with Crippen LogP contribution in [0.5, 0.6) is 0 Å². The molecule has 4 nitrogen and oxygen atoms in total. The number of aryl methyl sites for hydroxylation is 1. The number of rotatable bonds is 1. The van der Waals surface area contributed by atoms with Crippen LogP contribution in [0, 0.1) is 6.92 Å². The van der Waals surface area contributed by atoms with Crippen LogP contribution < -0.4 is 10.6 Å². The maximum absolute atomic E-state index is 5.71. The van der Waals surface area contributed by atoms with Crippen molar-refractivity contribution in [2.45, 2.75) is 19.8 Å². The minimum absolute atomic E-state index is 0.349. The number of nitrogen functional groups attached to an aromatic ring is 1. The van der Waals surface area contributed by atoms with E-state index in [1.54, 1.807) is 6.20 Å². The average Bonchev–Trinajstić information content (AvgIpc) is 2.64. The number of hydrogen-bond donors (Lipinski definition) is 1. The summed E-state index contributed by atoms with van der Waals surface area (Å²) >= 11 is 0. The molecule has 2 N–H and O–H groups in total. The van der Waals surface area contributed by atoms with Crippen molar-refractivity contribution in [3.8, 4) is 0 Å². The summed E-state index contributed by atoms with van der Waals surface area (Å²) in [5.74, 6) is 1.32. The molecule has 1 aliphatic rings. The van der Waals surface area contributed by atoms with Crippen molar-refractivity contribution in [3.05, 3.63) is 47.2 Å². The van der Waals surface area contributed by atoms with Crippen LogP contribution >= 0.6 is 0 Å². The van der Waals surface area contributed by atoms with Gasteiger partial charge in [0.2, 0.25) is 5.95 Å². The number of aromatic nitrogens is 2. The van der Waals surface area contributed by atoms with Gasteiger partial charge in [0.1, 0.15) is 5.82 Å². The lowest BCUT2D eigenvalue weighted by atomic mass is 10.0. The van der Waals surface area contributed by atoms with E-state index < -0.39 is 0 Å². The fourth-order valence-electron chi connectivity index (χ4n) is 2.65. The van der Waals surface area contributed by atoms with Crippen LogP contribution in [-0.4, -0.2) is 23.1 Å². The summed E-state index contributed by atoms with van der Waals surface area (Å²) < 4.78 is 0. The molecule has 0 fully saturated rings. The lowest BCUT2D eigenvalue weighted by Crippen LogP contribution is -2.28. The van der Waals surface area contributed by atoms with E-state index in [1.165, 1.54) is 11.1 Å². The van der Waals surface area contributed by atoms with Crippen molar-refractivity contribution >= 4 is 11.8 Å². The van der Waals surface area contributed by atoms with Crippen molar-refractivity contribution in [1.82, 2.24) is 9.97 Å². The molecule has 0 bridgehead atoms. The Bertz CT molecular complexity index is 567. The SMILES string of the molecule is Cc1cnc(N)nc1N1CCc2ccccc2CC1. The molecule has 0 unspecified atom stereocenters. The van der Waals surface area contributed by atoms with E-state index in [1.807, 2.05) is 6.92 Å². The van der Waals surface area contributed by atoms with Crippen molar-refractivity contribution in [1.29, 1.82) is 0 Å². The van der Waals surface area contributed by atoms with Crippen LogP contribution in [0.4, 0.5) is 11.8 Å². The Morgan fingerprint density at radius 2 is 1.74 bits per heavy atom. The summed E-state index contributed by atoms with van der Waals surface area (Å²) in [6, 6.07) is 8.67. The first-order chi connectivity index (χ1) is 9.24. The number of nitrogens with two attached hydrogens (primary N) is 1. The predicted molar refractivity (Wildman–Crippen MR) is 77.2 cm³/mol. The van der Waals surface area contributed by atoms with Crippen molar-refractivity contribution in [3.63, 3.8) is 0 Å². The van der Waals surface area contributed by atoms with Crippen molar-refractivity contribution in [2.24, 2.45) is 0 Å². The third-order valence-corrected chi connectivity index (χ3v) is 3.68. The summed E-state index contributed by atoms with van der Waals surface area (Å²) in [6.07, 6.45) is 3.91. The van der Waals surface area contributed by atoms with Gasteiger partial charge in [-0.1, -0.05) is 24.3 Å². The Morgan fingerprint density at radius 3 is 2.37 bits per heavy atom. The second-order valence-corrected chi connectivity index (χ2v) is 4.99. The van der Waals surface area contributed by atoms with Gasteiger partial charge in [0.05, 0.1) is 0 Å². The third-order valence-electron chi connectivity index (χ3n) is 3.68. The highest BCUT2D eigenvalue weighted by atomic mass is 15.2. The van der Waals surface area contributed by atoms with Gasteiger partial charge >= 0.3 is 0 Å². The summed E-state index contributed by atoms with van der Waals surface area (Å²) in [6.45, 7) is 4.00. The largest absolute Gasteiger partial charge is 0.368 e. The molecular weight excluding hydrogens is 236 g/mol. The zero-order chi connectivity index (χ0) is 13.2. The van der Waals surface area contributed by atoms with E-state index >= 15 is 0 Å². The van der Waals surface area contributed by atoms with Gasteiger partial charge in [-0.15, -0.1) is 0 Å². The minimum Gasteiger partial charge on any atom is -0.368 e. The molecule has 4 heteroatoms. The maximum Gasteiger partial charge on any atom is 0.221 e. The molecule has 0 spiro atoms. The quantitative estimate of drug-likeness (QED) is 0.845. The molecule has 0 aliphatic carbocycles. The van der Waals surface area contributed by atoms with Gasteiger partial charge in [-0.3, -0.25) is 0 Å². The molecule has 3 rings (SSSR count). The fourth-order valence-corrected chi connectivity index (χ4v) is 2.65. The standard InChI is InChI=1S/C15H18N4/c1-11-10-17-15(16)18-14(11)19-8-6-12-4-2-3-5-13(12)7-9-19/h2-5,10H,6-9H2,1H3,(H2,16,17,18). The molecule has 0 saturated carbocycles. The molecular formula is C15H18N4. The predicted octanol–water partition coefficient (Wildman–Crippen LogP) is 1.97. The first-order valence-electron chi connectivity index (χ1n) is 6.65. The third kappa shape index (κ3) is 2.38. The molecule has 2 aromatic rings. The Hall–Kier alpha value is -2.10. The van der Waals surface area contributed by atoms with Crippen LogP contribution in [0.2, 0.25) is 0 Å². The summed E-state index contributed by atoms with van der Waals surface area (Å²) in [4.78, 5) is 10.7. The molecule has 0 amide bonds. The number of fused-ring (bicyclic) bond motifs is 1. The monoisotopic (exact) mass is 254 g/mol. The zero-order valence-electron chi connectivity index (χ0n) is 11.1. The zero-order valence-corrected chi connectivity index (χ0v) is 11.1. The van der Waals surface area contributed by atoms with E-state index in [0.29, 0.717) is 5.95 Å². The van der Waals surface area contributed by atoms with E-state index in [9.17, 15) is 0 Å². The molecule has 1 aliphatic heterocycles. The minimum atomic E-state index is 0.349. The van der Waals surface area contributed by atoms with Gasteiger partial charge in [-0.05, 0) is 30.9 Å². The van der Waals surface area contributed by atoms with Crippen LogP contribution in [0.15, 0.2) is 30.5 Å². The summed E-state index contributed by atoms with van der Waals surface area (Å²) in [7, 11) is 0. The van der Waals surface area contributed by atoms with E-state index in [2.05, 4.69) is 39.1 Å². The highest BCUT2D eigenvalue weighted by Gasteiger charge is 2.16. The van der Waals surface area contributed by atoms with Gasteiger partial charge in [0.25, 0.3) is 0 Å². The maximum atomic E-state index is 5.71. The van der Waals surface area contributed by atoms with Crippen molar-refractivity contribution in [2.75, 3.05) is 23.7 Å². The number of hydrogen-bond acceptors (Lipinski definition) is 4. The first kappa shape index (κ1) is 12.0. The number of nitrogens with zero attached hydrogens (tertiary/aromatic N) is 3. The lowest BCUT2D eigenvalue weighted by Gasteiger charge is -2.23. The van der Waals surface area contributed by atoms with E-state index in [0.717, 1.165) is 37.3 Å². The Morgan fingerprint density at radius 1 is 1.11 bits per heavy atom. The van der Waals surface area contributed by atoms with Gasteiger partial charge in [-0.25, -0.2) is 4.98 Å². The molecule has 1 aromatic heterocycles. The van der Waals surface area contributed by atoms with Crippen LogP contribution in [0.1, 0.15) is 16.7 Å². The molecule has 0 saturated heterocycles. The summed E-state index contributed by atoms with van der Waals surface area (Å²) in [5.41, 5.74) is 9.69. The van der Waals surface area contributed by atoms with Crippen LogP contribution in [0.3, 0.4) is 0 Å². The molecule has 98 valence electrons. The molecule has 0 radical (unpaired) electrons. The second kappa shape index (κ2) is 4.88. The van der Waals surface area contributed by atoms with Gasteiger partial charge < -0.3 is 10.6 Å². The van der Waals surface area contributed by atoms with E-state index in [-0.39, 0.29) is 0 Å². The van der Waals surface area contributed by atoms with Crippen LogP contribution in [-0.2, 0) is 12.8 Å². The smallest absolute Gasteiger partial charge is 0.221 e. The Kier molecular flexibility index (Phi) is 3.07. The normalized spacial score (nSPS) is 14.9. The molecule has 2 heterocycles. The fraction of sp³-hybridized carbons (Fsp3) is 0.333. The van der Waals surface area contributed by atoms with Gasteiger partial charge in [-0.2, -0.15) is 4.98 Å². The number of benzene rings is 1. The van der Waals surface area contributed by atoms with E-state index in [4.69, 9.17) is 5.73 Å². The number of anilines is 2. The topological polar surface area (TPSA) is 55.0 Å². The highest BCUT2D eigenvalue weighted by Crippen LogP contribution is 2.22. The lowest BCUT2D eigenvalue weighted by molar-refractivity contribution is 0.785. The summed E-state index contributed by atoms with van der Waals surface area (Å²) in [5, 5.41) is 0. The highest BCUT2D eigenvalue weighted by molar-refractivity contribution is 5.49. The second-order valence-electron chi connectivity index (χ2n) is 4.99. The first-order valence-corrected chi connectivity index (χ1v) is 6.65. The molecule has 1 aromatic carbocycles. The van der Waals surface area contributed by atoms with Gasteiger partial charge in [0, 0.05) is 24.8 Å². The van der Waals surface area contributed by atoms with Crippen molar-refractivity contribution < 1.29 is 0 Å².